The number of fused-ring (bicyclic) bond motifs is 1. The largest absolute Gasteiger partial charge is 0.454 e. The second-order valence-electron chi connectivity index (χ2n) is 4.66. The summed E-state index contributed by atoms with van der Waals surface area (Å²) in [6.07, 6.45) is 2.25. The number of nitrogens with two attached hydrogens (primary N) is 2. The van der Waals surface area contributed by atoms with Crippen molar-refractivity contribution < 1.29 is 9.47 Å². The summed E-state index contributed by atoms with van der Waals surface area (Å²) in [5.74, 6) is 1.59. The van der Waals surface area contributed by atoms with Crippen LogP contribution < -0.4 is 20.9 Å². The molecule has 0 saturated heterocycles. The van der Waals surface area contributed by atoms with Crippen LogP contribution in [0.15, 0.2) is 18.2 Å². The Bertz CT molecular complexity index is 415. The molecule has 0 spiro atoms. The second kappa shape index (κ2) is 3.37. The van der Waals surface area contributed by atoms with Gasteiger partial charge in [0.2, 0.25) is 6.79 Å². The van der Waals surface area contributed by atoms with Crippen LogP contribution >= 0.6 is 0 Å². The maximum atomic E-state index is 6.26. The Kier molecular flexibility index (Phi) is 2.09. The van der Waals surface area contributed by atoms with Crippen LogP contribution in [0, 0.1) is 5.41 Å². The molecule has 0 radical (unpaired) electrons. The summed E-state index contributed by atoms with van der Waals surface area (Å²) >= 11 is 0. The second-order valence-corrected chi connectivity index (χ2v) is 4.66. The fourth-order valence-corrected chi connectivity index (χ4v) is 2.26. The van der Waals surface area contributed by atoms with Gasteiger partial charge in [0, 0.05) is 11.5 Å². The van der Waals surface area contributed by atoms with Gasteiger partial charge in [-0.2, -0.15) is 0 Å². The van der Waals surface area contributed by atoms with Crippen molar-refractivity contribution >= 4 is 0 Å². The molecule has 4 N–H and O–H groups in total. The van der Waals surface area contributed by atoms with Crippen LogP contribution in [0.4, 0.5) is 0 Å². The maximum Gasteiger partial charge on any atom is 0.231 e. The Hall–Kier alpha value is -1.26. The lowest BCUT2D eigenvalue weighted by Crippen LogP contribution is -2.29. The summed E-state index contributed by atoms with van der Waals surface area (Å²) in [4.78, 5) is 0. The molecule has 2 aliphatic rings. The van der Waals surface area contributed by atoms with Crippen molar-refractivity contribution in [2.45, 2.75) is 18.9 Å². The Balaban J connectivity index is 1.89. The van der Waals surface area contributed by atoms with Crippen molar-refractivity contribution in [2.75, 3.05) is 13.3 Å². The quantitative estimate of drug-likeness (QED) is 0.801. The van der Waals surface area contributed by atoms with Crippen molar-refractivity contribution in [3.63, 3.8) is 0 Å². The first-order valence-electron chi connectivity index (χ1n) is 5.60. The summed E-state index contributed by atoms with van der Waals surface area (Å²) in [5.41, 5.74) is 13.3. The molecule has 3 rings (SSSR count). The molecular formula is C12H16N2O2. The topological polar surface area (TPSA) is 70.5 Å². The Morgan fingerprint density at radius 3 is 2.69 bits per heavy atom. The lowest BCUT2D eigenvalue weighted by molar-refractivity contribution is 0.174. The molecule has 1 unspecified atom stereocenters. The Morgan fingerprint density at radius 1 is 1.25 bits per heavy atom. The minimum atomic E-state index is 0.00648. The van der Waals surface area contributed by atoms with Crippen LogP contribution in [-0.2, 0) is 0 Å². The molecule has 0 bridgehead atoms. The molecule has 4 heteroatoms. The van der Waals surface area contributed by atoms with Crippen LogP contribution in [0.1, 0.15) is 24.4 Å². The average Bonchev–Trinajstić information content (AvgIpc) is 2.98. The molecule has 16 heavy (non-hydrogen) atoms. The molecule has 1 aliphatic heterocycles. The Morgan fingerprint density at radius 2 is 2.00 bits per heavy atom. The van der Waals surface area contributed by atoms with E-state index in [1.54, 1.807) is 0 Å². The molecule has 1 fully saturated rings. The van der Waals surface area contributed by atoms with Gasteiger partial charge in [-0.3, -0.25) is 0 Å². The molecule has 0 aromatic heterocycles. The van der Waals surface area contributed by atoms with Crippen LogP contribution in [0.3, 0.4) is 0 Å². The van der Waals surface area contributed by atoms with Gasteiger partial charge in [0.05, 0.1) is 0 Å². The Labute approximate surface area is 94.5 Å². The summed E-state index contributed by atoms with van der Waals surface area (Å²) in [7, 11) is 0. The minimum absolute atomic E-state index is 0.00648. The summed E-state index contributed by atoms with van der Waals surface area (Å²) in [6, 6.07) is 5.91. The van der Waals surface area contributed by atoms with E-state index < -0.39 is 0 Å². The van der Waals surface area contributed by atoms with Gasteiger partial charge < -0.3 is 20.9 Å². The van der Waals surface area contributed by atoms with E-state index >= 15 is 0 Å². The van der Waals surface area contributed by atoms with E-state index in [1.807, 2.05) is 18.2 Å². The van der Waals surface area contributed by atoms with Gasteiger partial charge >= 0.3 is 0 Å². The number of hydrogen-bond acceptors (Lipinski definition) is 4. The maximum absolute atomic E-state index is 6.26. The van der Waals surface area contributed by atoms with Crippen LogP contribution in [0.2, 0.25) is 0 Å². The van der Waals surface area contributed by atoms with Gasteiger partial charge in [0.25, 0.3) is 0 Å². The van der Waals surface area contributed by atoms with E-state index in [2.05, 4.69) is 0 Å². The highest BCUT2D eigenvalue weighted by Crippen LogP contribution is 2.53. The third-order valence-corrected chi connectivity index (χ3v) is 3.71. The van der Waals surface area contributed by atoms with Crippen molar-refractivity contribution in [1.29, 1.82) is 0 Å². The zero-order valence-corrected chi connectivity index (χ0v) is 9.11. The lowest BCUT2D eigenvalue weighted by Gasteiger charge is -2.22. The molecule has 1 aromatic carbocycles. The van der Waals surface area contributed by atoms with Crippen molar-refractivity contribution in [2.24, 2.45) is 16.9 Å². The zero-order chi connectivity index (χ0) is 11.2. The highest BCUT2D eigenvalue weighted by Gasteiger charge is 2.47. The van der Waals surface area contributed by atoms with Gasteiger partial charge in [-0.25, -0.2) is 0 Å². The van der Waals surface area contributed by atoms with E-state index in [1.165, 1.54) is 0 Å². The van der Waals surface area contributed by atoms with E-state index in [9.17, 15) is 0 Å². The fraction of sp³-hybridized carbons (Fsp3) is 0.500. The summed E-state index contributed by atoms with van der Waals surface area (Å²) < 4.78 is 10.6. The molecule has 1 atom stereocenters. The van der Waals surface area contributed by atoms with Crippen molar-refractivity contribution in [1.82, 2.24) is 0 Å². The van der Waals surface area contributed by atoms with E-state index in [0.29, 0.717) is 13.3 Å². The van der Waals surface area contributed by atoms with Gasteiger partial charge in [-0.15, -0.1) is 0 Å². The molecule has 1 saturated carbocycles. The fourth-order valence-electron chi connectivity index (χ4n) is 2.26. The van der Waals surface area contributed by atoms with E-state index in [0.717, 1.165) is 29.9 Å². The third-order valence-electron chi connectivity index (χ3n) is 3.71. The van der Waals surface area contributed by atoms with Gasteiger partial charge in [-0.05, 0) is 37.1 Å². The van der Waals surface area contributed by atoms with Crippen LogP contribution in [0.25, 0.3) is 0 Å². The number of benzene rings is 1. The monoisotopic (exact) mass is 220 g/mol. The predicted octanol–water partition coefficient (Wildman–Crippen LogP) is 1.15. The molecule has 1 heterocycles. The summed E-state index contributed by atoms with van der Waals surface area (Å²) in [5, 5.41) is 0. The van der Waals surface area contributed by atoms with Crippen molar-refractivity contribution in [3.8, 4) is 11.5 Å². The third kappa shape index (κ3) is 1.37. The van der Waals surface area contributed by atoms with E-state index in [4.69, 9.17) is 20.9 Å². The van der Waals surface area contributed by atoms with Gasteiger partial charge in [0.15, 0.2) is 11.5 Å². The van der Waals surface area contributed by atoms with Gasteiger partial charge in [0.1, 0.15) is 0 Å². The highest BCUT2D eigenvalue weighted by atomic mass is 16.7. The predicted molar refractivity (Wildman–Crippen MR) is 60.2 cm³/mol. The highest BCUT2D eigenvalue weighted by molar-refractivity contribution is 5.45. The molecule has 0 amide bonds. The normalized spacial score (nSPS) is 21.9. The standard InChI is InChI=1S/C12H16N2O2/c13-6-12(3-4-12)11(14)8-1-2-9-10(5-8)16-7-15-9/h1-2,5,11H,3-4,6-7,13-14H2. The zero-order valence-electron chi connectivity index (χ0n) is 9.11. The molecule has 86 valence electrons. The summed E-state index contributed by atoms with van der Waals surface area (Å²) in [6.45, 7) is 0.957. The van der Waals surface area contributed by atoms with Crippen LogP contribution in [0.5, 0.6) is 11.5 Å². The molecule has 1 aromatic rings. The number of rotatable bonds is 3. The smallest absolute Gasteiger partial charge is 0.231 e. The van der Waals surface area contributed by atoms with E-state index in [-0.39, 0.29) is 11.5 Å². The molecule has 4 nitrogen and oxygen atoms in total. The molecule has 1 aliphatic carbocycles. The molecular weight excluding hydrogens is 204 g/mol. The van der Waals surface area contributed by atoms with Crippen molar-refractivity contribution in [3.05, 3.63) is 23.8 Å². The average molecular weight is 220 g/mol. The SMILES string of the molecule is NCC1(C(N)c2ccc3c(c2)OCO3)CC1. The first-order valence-corrected chi connectivity index (χ1v) is 5.60. The number of ether oxygens (including phenoxy) is 2. The first-order chi connectivity index (χ1) is 7.75. The minimum Gasteiger partial charge on any atom is -0.454 e. The number of hydrogen-bond donors (Lipinski definition) is 2. The van der Waals surface area contributed by atoms with Gasteiger partial charge in [-0.1, -0.05) is 6.07 Å². The van der Waals surface area contributed by atoms with Crippen LogP contribution in [-0.4, -0.2) is 13.3 Å². The lowest BCUT2D eigenvalue weighted by atomic mass is 9.91. The first kappa shape index (κ1) is 9.93.